The molecule has 1 aliphatic heterocycles. The predicted octanol–water partition coefficient (Wildman–Crippen LogP) is -0.0298. The summed E-state index contributed by atoms with van der Waals surface area (Å²) in [7, 11) is 0. The van der Waals surface area contributed by atoms with Gasteiger partial charge in [0.25, 0.3) is 5.91 Å². The third-order valence-electron chi connectivity index (χ3n) is 3.21. The van der Waals surface area contributed by atoms with E-state index in [9.17, 15) is 14.4 Å². The number of rotatable bonds is 3. The molecule has 0 aliphatic carbocycles. The number of likely N-dealkylation sites (tertiary alicyclic amines) is 1. The Bertz CT molecular complexity index is 583. The second-order valence-corrected chi connectivity index (χ2v) is 5.33. The van der Waals surface area contributed by atoms with E-state index < -0.39 is 11.3 Å². The number of hydrogen-bond donors (Lipinski definition) is 2. The molecule has 20 heavy (non-hydrogen) atoms. The number of amides is 3. The summed E-state index contributed by atoms with van der Waals surface area (Å²) in [5.74, 6) is 4.07. The zero-order valence-electron chi connectivity index (χ0n) is 11.3. The molecule has 1 aromatic rings. The Labute approximate surface area is 116 Å². The third-order valence-corrected chi connectivity index (χ3v) is 3.21. The quantitative estimate of drug-likeness (QED) is 0.349. The summed E-state index contributed by atoms with van der Waals surface area (Å²) in [6.45, 7) is 3.53. The molecule has 7 nitrogen and oxygen atoms in total. The lowest BCUT2D eigenvalue weighted by Gasteiger charge is -2.17. The van der Waals surface area contributed by atoms with Crippen molar-refractivity contribution in [1.82, 2.24) is 15.3 Å². The van der Waals surface area contributed by atoms with Crippen molar-refractivity contribution in [3.05, 3.63) is 29.6 Å². The molecule has 106 valence electrons. The number of nitrogen functional groups attached to an aromatic ring is 1. The molecular weight excluding hydrogens is 260 g/mol. The highest BCUT2D eigenvalue weighted by molar-refractivity contribution is 6.05. The maximum atomic E-state index is 12.1. The first-order valence-corrected chi connectivity index (χ1v) is 6.17. The van der Waals surface area contributed by atoms with Gasteiger partial charge in [0.15, 0.2) is 0 Å². The highest BCUT2D eigenvalue weighted by Gasteiger charge is 2.44. The molecule has 2 heterocycles. The molecule has 0 unspecified atom stereocenters. The van der Waals surface area contributed by atoms with Crippen LogP contribution in [0.1, 0.15) is 36.5 Å². The summed E-state index contributed by atoms with van der Waals surface area (Å²) < 4.78 is 0. The number of nitrogens with zero attached hydrogens (tertiary/aromatic N) is 2. The highest BCUT2D eigenvalue weighted by Crippen LogP contribution is 2.32. The summed E-state index contributed by atoms with van der Waals surface area (Å²) in [6.07, 6.45) is 0.189. The first-order valence-electron chi connectivity index (χ1n) is 6.17. The van der Waals surface area contributed by atoms with Gasteiger partial charge in [0, 0.05) is 6.42 Å². The minimum Gasteiger partial charge on any atom is -0.289 e. The normalized spacial score (nSPS) is 17.4. The molecule has 0 atom stereocenters. The fraction of sp³-hybridized carbons (Fsp3) is 0.385. The molecule has 0 spiro atoms. The molecule has 3 amide bonds. The number of hydrazine groups is 1. The molecule has 3 N–H and O–H groups in total. The standard InChI is InChI=1S/C13H16N4O3/c1-13(2)6-10(18)17(12(13)20)7-8-4-3-5-9(15-8)11(19)16-14/h3-5H,6-7,14H2,1-2H3,(H,16,19). The van der Waals surface area contributed by atoms with E-state index in [0.717, 1.165) is 0 Å². The van der Waals surface area contributed by atoms with Gasteiger partial charge >= 0.3 is 0 Å². The van der Waals surface area contributed by atoms with Gasteiger partial charge in [0.05, 0.1) is 17.7 Å². The second kappa shape index (κ2) is 5.01. The Morgan fingerprint density at radius 3 is 2.70 bits per heavy atom. The molecule has 0 saturated carbocycles. The van der Waals surface area contributed by atoms with Crippen LogP contribution in [0.4, 0.5) is 0 Å². The van der Waals surface area contributed by atoms with Crippen LogP contribution in [0.15, 0.2) is 18.2 Å². The van der Waals surface area contributed by atoms with Gasteiger partial charge < -0.3 is 0 Å². The van der Waals surface area contributed by atoms with Crippen molar-refractivity contribution in [1.29, 1.82) is 0 Å². The van der Waals surface area contributed by atoms with E-state index >= 15 is 0 Å². The van der Waals surface area contributed by atoms with E-state index in [1.807, 2.05) is 5.43 Å². The molecule has 1 aliphatic rings. The number of hydrogen-bond acceptors (Lipinski definition) is 5. The smallest absolute Gasteiger partial charge is 0.283 e. The minimum absolute atomic E-state index is 0.0623. The first kappa shape index (κ1) is 14.1. The number of nitrogens with one attached hydrogen (secondary N) is 1. The lowest BCUT2D eigenvalue weighted by atomic mass is 9.92. The van der Waals surface area contributed by atoms with Gasteiger partial charge in [0.1, 0.15) is 5.69 Å². The van der Waals surface area contributed by atoms with E-state index in [2.05, 4.69) is 4.98 Å². The van der Waals surface area contributed by atoms with Gasteiger partial charge in [-0.3, -0.25) is 24.7 Å². The van der Waals surface area contributed by atoms with E-state index in [4.69, 9.17) is 5.84 Å². The van der Waals surface area contributed by atoms with Crippen LogP contribution in [-0.4, -0.2) is 27.6 Å². The van der Waals surface area contributed by atoms with Gasteiger partial charge in [-0.15, -0.1) is 0 Å². The molecule has 1 aromatic heterocycles. The molecule has 0 radical (unpaired) electrons. The fourth-order valence-corrected chi connectivity index (χ4v) is 2.12. The second-order valence-electron chi connectivity index (χ2n) is 5.33. The Morgan fingerprint density at radius 2 is 2.15 bits per heavy atom. The molecule has 0 aromatic carbocycles. The van der Waals surface area contributed by atoms with Crippen LogP contribution in [0.5, 0.6) is 0 Å². The maximum absolute atomic E-state index is 12.1. The van der Waals surface area contributed by atoms with Crippen molar-refractivity contribution in [3.8, 4) is 0 Å². The number of carbonyl (C=O) groups excluding carboxylic acids is 3. The number of nitrogens with two attached hydrogens (primary N) is 1. The van der Waals surface area contributed by atoms with Crippen molar-refractivity contribution in [3.63, 3.8) is 0 Å². The van der Waals surface area contributed by atoms with Crippen molar-refractivity contribution in [2.75, 3.05) is 0 Å². The topological polar surface area (TPSA) is 105 Å². The summed E-state index contributed by atoms with van der Waals surface area (Å²) in [5.41, 5.74) is 1.91. The molecule has 7 heteroatoms. The maximum Gasteiger partial charge on any atom is 0.283 e. The van der Waals surface area contributed by atoms with Gasteiger partial charge in [0.2, 0.25) is 11.8 Å². The Balaban J connectivity index is 2.21. The Kier molecular flexibility index (Phi) is 3.54. The number of carbonyl (C=O) groups is 3. The average molecular weight is 276 g/mol. The summed E-state index contributed by atoms with van der Waals surface area (Å²) >= 11 is 0. The fourth-order valence-electron chi connectivity index (χ4n) is 2.12. The van der Waals surface area contributed by atoms with Crippen LogP contribution in [0, 0.1) is 5.41 Å². The number of aromatic nitrogens is 1. The lowest BCUT2D eigenvalue weighted by Crippen LogP contribution is -2.33. The molecule has 1 fully saturated rings. The zero-order valence-corrected chi connectivity index (χ0v) is 11.3. The van der Waals surface area contributed by atoms with Gasteiger partial charge in [-0.25, -0.2) is 10.8 Å². The van der Waals surface area contributed by atoms with Crippen molar-refractivity contribution < 1.29 is 14.4 Å². The van der Waals surface area contributed by atoms with Crippen LogP contribution in [0.2, 0.25) is 0 Å². The molecule has 0 bridgehead atoms. The Hall–Kier alpha value is -2.28. The van der Waals surface area contributed by atoms with Crippen LogP contribution < -0.4 is 11.3 Å². The van der Waals surface area contributed by atoms with E-state index in [1.165, 1.54) is 11.0 Å². The van der Waals surface area contributed by atoms with Crippen molar-refractivity contribution >= 4 is 17.7 Å². The summed E-state index contributed by atoms with van der Waals surface area (Å²) in [5, 5.41) is 0. The van der Waals surface area contributed by atoms with E-state index in [-0.39, 0.29) is 30.5 Å². The van der Waals surface area contributed by atoms with Crippen LogP contribution in [0.3, 0.4) is 0 Å². The van der Waals surface area contributed by atoms with Crippen molar-refractivity contribution in [2.24, 2.45) is 11.3 Å². The molecule has 2 rings (SSSR count). The molecular formula is C13H16N4O3. The lowest BCUT2D eigenvalue weighted by molar-refractivity contribution is -0.141. The summed E-state index contributed by atoms with van der Waals surface area (Å²) in [6, 6.07) is 4.78. The van der Waals surface area contributed by atoms with Crippen LogP contribution in [0.25, 0.3) is 0 Å². The SMILES string of the molecule is CC1(C)CC(=O)N(Cc2cccc(C(=O)NN)n2)C1=O. The van der Waals surface area contributed by atoms with Gasteiger partial charge in [-0.2, -0.15) is 0 Å². The Morgan fingerprint density at radius 1 is 1.45 bits per heavy atom. The minimum atomic E-state index is -0.677. The van der Waals surface area contributed by atoms with Gasteiger partial charge in [-0.1, -0.05) is 19.9 Å². The summed E-state index contributed by atoms with van der Waals surface area (Å²) in [4.78, 5) is 40.6. The van der Waals surface area contributed by atoms with E-state index in [0.29, 0.717) is 5.69 Å². The van der Waals surface area contributed by atoms with Crippen molar-refractivity contribution in [2.45, 2.75) is 26.8 Å². The van der Waals surface area contributed by atoms with Gasteiger partial charge in [-0.05, 0) is 12.1 Å². The predicted molar refractivity (Wildman–Crippen MR) is 69.8 cm³/mol. The first-order chi connectivity index (χ1) is 9.35. The average Bonchev–Trinajstić information content (AvgIpc) is 2.60. The monoisotopic (exact) mass is 276 g/mol. The zero-order chi connectivity index (χ0) is 14.9. The van der Waals surface area contributed by atoms with Crippen LogP contribution >= 0.6 is 0 Å². The molecule has 1 saturated heterocycles. The number of pyridine rings is 1. The number of imide groups is 1. The highest BCUT2D eigenvalue weighted by atomic mass is 16.2. The van der Waals surface area contributed by atoms with Crippen LogP contribution in [-0.2, 0) is 16.1 Å². The van der Waals surface area contributed by atoms with E-state index in [1.54, 1.807) is 26.0 Å². The largest absolute Gasteiger partial charge is 0.289 e. The third kappa shape index (κ3) is 2.53.